The summed E-state index contributed by atoms with van der Waals surface area (Å²) in [6.45, 7) is 8.94. The highest BCUT2D eigenvalue weighted by Gasteiger charge is 2.24. The van der Waals surface area contributed by atoms with E-state index in [1.165, 1.54) is 4.57 Å². The maximum absolute atomic E-state index is 13.6. The van der Waals surface area contributed by atoms with Crippen molar-refractivity contribution in [3.63, 3.8) is 0 Å². The van der Waals surface area contributed by atoms with Gasteiger partial charge in [-0.3, -0.25) is 9.36 Å². The first-order chi connectivity index (χ1) is 14.5. The standard InChI is InChI=1S/C23H26ClN3O4/c1-13-17(11-8-12-18(13)30-6)27-20(14(2)25-22(29)31-23(3,4)5)26-16-10-7-9-15(24)19(16)21(27)28/h7-12,14H,1-6H3,(H,25,29)/t14-/m0/s1. The third kappa shape index (κ3) is 4.66. The van der Waals surface area contributed by atoms with E-state index in [1.807, 2.05) is 13.0 Å². The number of carbonyl (C=O) groups is 1. The highest BCUT2D eigenvalue weighted by molar-refractivity contribution is 6.35. The van der Waals surface area contributed by atoms with Crippen LogP contribution < -0.4 is 15.6 Å². The van der Waals surface area contributed by atoms with Crippen LogP contribution in [-0.4, -0.2) is 28.4 Å². The third-order valence-corrected chi connectivity index (χ3v) is 5.02. The van der Waals surface area contributed by atoms with Crippen molar-refractivity contribution >= 4 is 28.6 Å². The molecule has 0 radical (unpaired) electrons. The van der Waals surface area contributed by atoms with Crippen molar-refractivity contribution in [2.45, 2.75) is 46.3 Å². The Morgan fingerprint density at radius 2 is 1.87 bits per heavy atom. The number of alkyl carbamates (subject to hydrolysis) is 1. The zero-order chi connectivity index (χ0) is 22.9. The van der Waals surface area contributed by atoms with Gasteiger partial charge < -0.3 is 14.8 Å². The van der Waals surface area contributed by atoms with Gasteiger partial charge in [-0.25, -0.2) is 9.78 Å². The fourth-order valence-corrected chi connectivity index (χ4v) is 3.60. The number of methoxy groups -OCH3 is 1. The number of hydrogen-bond donors (Lipinski definition) is 1. The van der Waals surface area contributed by atoms with Gasteiger partial charge in [0.2, 0.25) is 0 Å². The summed E-state index contributed by atoms with van der Waals surface area (Å²) in [6, 6.07) is 9.87. The summed E-state index contributed by atoms with van der Waals surface area (Å²) in [5, 5.41) is 3.38. The molecule has 3 rings (SSSR count). The molecule has 0 aliphatic heterocycles. The number of hydrogen-bond acceptors (Lipinski definition) is 5. The summed E-state index contributed by atoms with van der Waals surface area (Å²) in [5.74, 6) is 0.976. The molecule has 1 aromatic heterocycles. The van der Waals surface area contributed by atoms with Gasteiger partial charge in [0.05, 0.1) is 34.8 Å². The molecular formula is C23H26ClN3O4. The van der Waals surface area contributed by atoms with E-state index in [9.17, 15) is 9.59 Å². The van der Waals surface area contributed by atoms with E-state index in [-0.39, 0.29) is 5.56 Å². The average Bonchev–Trinajstić information content (AvgIpc) is 2.66. The normalized spacial score (nSPS) is 12.5. The molecule has 1 N–H and O–H groups in total. The summed E-state index contributed by atoms with van der Waals surface area (Å²) in [5.41, 5.74) is 0.802. The van der Waals surface area contributed by atoms with E-state index in [1.54, 1.807) is 65.1 Å². The summed E-state index contributed by atoms with van der Waals surface area (Å²) >= 11 is 6.34. The molecule has 7 nitrogen and oxygen atoms in total. The minimum atomic E-state index is -0.656. The van der Waals surface area contributed by atoms with Gasteiger partial charge >= 0.3 is 6.09 Å². The van der Waals surface area contributed by atoms with Crippen molar-refractivity contribution in [1.29, 1.82) is 0 Å². The zero-order valence-corrected chi connectivity index (χ0v) is 19.2. The largest absolute Gasteiger partial charge is 0.496 e. The molecule has 0 bridgehead atoms. The van der Waals surface area contributed by atoms with Gasteiger partial charge in [0.15, 0.2) is 0 Å². The lowest BCUT2D eigenvalue weighted by Crippen LogP contribution is -2.37. The molecule has 0 spiro atoms. The molecule has 0 saturated heterocycles. The molecule has 2 aromatic carbocycles. The molecule has 1 atom stereocenters. The number of ether oxygens (including phenoxy) is 2. The minimum absolute atomic E-state index is 0.305. The maximum Gasteiger partial charge on any atom is 0.408 e. The van der Waals surface area contributed by atoms with Crippen molar-refractivity contribution in [2.24, 2.45) is 0 Å². The van der Waals surface area contributed by atoms with Crippen molar-refractivity contribution in [3.05, 3.63) is 63.2 Å². The van der Waals surface area contributed by atoms with E-state index in [4.69, 9.17) is 21.1 Å². The van der Waals surface area contributed by atoms with E-state index in [0.29, 0.717) is 33.2 Å². The van der Waals surface area contributed by atoms with E-state index >= 15 is 0 Å². The molecule has 0 aliphatic carbocycles. The molecule has 0 fully saturated rings. The maximum atomic E-state index is 13.6. The minimum Gasteiger partial charge on any atom is -0.496 e. The topological polar surface area (TPSA) is 82.4 Å². The molecule has 0 aliphatic rings. The van der Waals surface area contributed by atoms with E-state index < -0.39 is 17.7 Å². The van der Waals surface area contributed by atoms with Crippen molar-refractivity contribution < 1.29 is 14.3 Å². The van der Waals surface area contributed by atoms with Gasteiger partial charge in [0.1, 0.15) is 17.2 Å². The monoisotopic (exact) mass is 443 g/mol. The molecule has 8 heteroatoms. The Morgan fingerprint density at radius 1 is 1.19 bits per heavy atom. The first-order valence-electron chi connectivity index (χ1n) is 9.88. The second-order valence-electron chi connectivity index (χ2n) is 8.22. The summed E-state index contributed by atoms with van der Waals surface area (Å²) in [6.07, 6.45) is -0.602. The molecule has 1 heterocycles. The number of carbonyl (C=O) groups excluding carboxylic acids is 1. The Kier molecular flexibility index (Phi) is 6.27. The molecular weight excluding hydrogens is 418 g/mol. The number of rotatable bonds is 4. The van der Waals surface area contributed by atoms with Crippen molar-refractivity contribution in [2.75, 3.05) is 7.11 Å². The first kappa shape index (κ1) is 22.6. The highest BCUT2D eigenvalue weighted by atomic mass is 35.5. The smallest absolute Gasteiger partial charge is 0.408 e. The average molecular weight is 444 g/mol. The fourth-order valence-electron chi connectivity index (χ4n) is 3.35. The Bertz CT molecular complexity index is 1200. The number of aromatic nitrogens is 2. The van der Waals surface area contributed by atoms with Crippen LogP contribution >= 0.6 is 11.6 Å². The molecule has 1 amide bonds. The number of nitrogens with one attached hydrogen (secondary N) is 1. The fraction of sp³-hybridized carbons (Fsp3) is 0.348. The van der Waals surface area contributed by atoms with Crippen LogP contribution in [0.4, 0.5) is 4.79 Å². The van der Waals surface area contributed by atoms with E-state index in [0.717, 1.165) is 5.56 Å². The third-order valence-electron chi connectivity index (χ3n) is 4.71. The number of amides is 1. The van der Waals surface area contributed by atoms with Gasteiger partial charge in [-0.1, -0.05) is 23.7 Å². The molecule has 0 unspecified atom stereocenters. The molecule has 3 aromatic rings. The van der Waals surface area contributed by atoms with Crippen LogP contribution in [0, 0.1) is 6.92 Å². The summed E-state index contributed by atoms with van der Waals surface area (Å²) in [4.78, 5) is 30.7. The van der Waals surface area contributed by atoms with Crippen LogP contribution in [-0.2, 0) is 4.74 Å². The predicted molar refractivity (Wildman–Crippen MR) is 121 cm³/mol. The van der Waals surface area contributed by atoms with Crippen LogP contribution in [0.1, 0.15) is 45.1 Å². The number of fused-ring (bicyclic) bond motifs is 1. The second-order valence-corrected chi connectivity index (χ2v) is 8.62. The van der Waals surface area contributed by atoms with Crippen molar-refractivity contribution in [1.82, 2.24) is 14.9 Å². The second kappa shape index (κ2) is 8.59. The molecule has 0 saturated carbocycles. The Hall–Kier alpha value is -3.06. The van der Waals surface area contributed by atoms with E-state index in [2.05, 4.69) is 10.3 Å². The van der Waals surface area contributed by atoms with Gasteiger partial charge in [0.25, 0.3) is 5.56 Å². The number of benzene rings is 2. The Labute approximate surface area is 186 Å². The van der Waals surface area contributed by atoms with Crippen molar-refractivity contribution in [3.8, 4) is 11.4 Å². The molecule has 31 heavy (non-hydrogen) atoms. The number of halogens is 1. The quantitative estimate of drug-likeness (QED) is 0.617. The van der Waals surface area contributed by atoms with Gasteiger partial charge in [-0.15, -0.1) is 0 Å². The van der Waals surface area contributed by atoms with Crippen LogP contribution in [0.2, 0.25) is 5.02 Å². The number of nitrogens with zero attached hydrogens (tertiary/aromatic N) is 2. The molecule has 164 valence electrons. The SMILES string of the molecule is COc1cccc(-n2c([C@H](C)NC(=O)OC(C)(C)C)nc3cccc(Cl)c3c2=O)c1C. The predicted octanol–water partition coefficient (Wildman–Crippen LogP) is 4.94. The zero-order valence-electron chi connectivity index (χ0n) is 18.4. The Balaban J connectivity index is 2.24. The van der Waals surface area contributed by atoms with Crippen LogP contribution in [0.5, 0.6) is 5.75 Å². The lowest BCUT2D eigenvalue weighted by Gasteiger charge is -2.24. The van der Waals surface area contributed by atoms with Crippen LogP contribution in [0.15, 0.2) is 41.2 Å². The van der Waals surface area contributed by atoms with Gasteiger partial charge in [-0.2, -0.15) is 0 Å². The highest BCUT2D eigenvalue weighted by Crippen LogP contribution is 2.28. The summed E-state index contributed by atoms with van der Waals surface area (Å²) in [7, 11) is 1.57. The Morgan fingerprint density at radius 3 is 2.52 bits per heavy atom. The van der Waals surface area contributed by atoms with Gasteiger partial charge in [0, 0.05) is 5.56 Å². The van der Waals surface area contributed by atoms with Crippen LogP contribution in [0.25, 0.3) is 16.6 Å². The lowest BCUT2D eigenvalue weighted by molar-refractivity contribution is 0.0505. The van der Waals surface area contributed by atoms with Gasteiger partial charge in [-0.05, 0) is 58.9 Å². The summed E-state index contributed by atoms with van der Waals surface area (Å²) < 4.78 is 12.3. The lowest BCUT2D eigenvalue weighted by atomic mass is 10.1. The van der Waals surface area contributed by atoms with Crippen LogP contribution in [0.3, 0.4) is 0 Å². The first-order valence-corrected chi connectivity index (χ1v) is 10.3.